The minimum absolute atomic E-state index is 0.0130. The number of halogens is 1. The van der Waals surface area contributed by atoms with Crippen molar-refractivity contribution in [3.63, 3.8) is 0 Å². The largest absolute Gasteiger partial charge is 0.383 e. The molecule has 150 valence electrons. The molecule has 30 heavy (non-hydrogen) atoms. The van der Waals surface area contributed by atoms with Gasteiger partial charge in [0.15, 0.2) is 11.5 Å². The van der Waals surface area contributed by atoms with Gasteiger partial charge in [-0.2, -0.15) is 0 Å². The molecule has 8 heteroatoms. The Kier molecular flexibility index (Phi) is 4.51. The number of imidazole rings is 1. The Hall–Kier alpha value is -3.26. The fourth-order valence-corrected chi connectivity index (χ4v) is 4.40. The van der Waals surface area contributed by atoms with Crippen molar-refractivity contribution in [3.8, 4) is 17.1 Å². The summed E-state index contributed by atoms with van der Waals surface area (Å²) >= 11 is 3.47. The zero-order chi connectivity index (χ0) is 20.8. The number of nitrogen functional groups attached to an aromatic ring is 1. The lowest BCUT2D eigenvalue weighted by Crippen LogP contribution is -2.24. The van der Waals surface area contributed by atoms with Crippen molar-refractivity contribution in [2.75, 3.05) is 5.73 Å². The first-order valence-corrected chi connectivity index (χ1v) is 10.5. The van der Waals surface area contributed by atoms with Crippen LogP contribution in [0.3, 0.4) is 0 Å². The Balaban J connectivity index is 1.71. The van der Waals surface area contributed by atoms with Crippen molar-refractivity contribution in [1.29, 1.82) is 0 Å². The number of nitrogens with two attached hydrogens (primary N) is 1. The molecule has 3 heterocycles. The van der Waals surface area contributed by atoms with E-state index < -0.39 is 0 Å². The van der Waals surface area contributed by atoms with E-state index in [9.17, 15) is 4.79 Å². The first kappa shape index (κ1) is 18.7. The molecule has 1 amide bonds. The number of benzene rings is 1. The highest BCUT2D eigenvalue weighted by Gasteiger charge is 2.25. The number of anilines is 1. The van der Waals surface area contributed by atoms with E-state index in [1.807, 2.05) is 34.9 Å². The maximum Gasteiger partial charge on any atom is 0.217 e. The second-order valence-corrected chi connectivity index (χ2v) is 8.17. The second-order valence-electron chi connectivity index (χ2n) is 7.36. The van der Waals surface area contributed by atoms with Crippen LogP contribution in [0.15, 0.2) is 53.3 Å². The molecule has 0 fully saturated rings. The number of aromatic nitrogens is 4. The summed E-state index contributed by atoms with van der Waals surface area (Å²) in [5.74, 6) is 1.10. The number of carbonyl (C=O) groups is 1. The Morgan fingerprint density at radius 1 is 1.23 bits per heavy atom. The average molecular weight is 463 g/mol. The van der Waals surface area contributed by atoms with E-state index in [0.29, 0.717) is 11.6 Å². The predicted molar refractivity (Wildman–Crippen MR) is 119 cm³/mol. The Morgan fingerprint density at radius 3 is 2.90 bits per heavy atom. The van der Waals surface area contributed by atoms with Crippen LogP contribution in [0.25, 0.3) is 28.2 Å². The molecule has 0 saturated carbocycles. The monoisotopic (exact) mass is 462 g/mol. The summed E-state index contributed by atoms with van der Waals surface area (Å²) < 4.78 is 2.74. The van der Waals surface area contributed by atoms with Crippen molar-refractivity contribution < 1.29 is 4.79 Å². The Bertz CT molecular complexity index is 1300. The fraction of sp³-hybridized carbons (Fsp3) is 0.182. The van der Waals surface area contributed by atoms with Crippen LogP contribution in [0.5, 0.6) is 0 Å². The molecule has 1 aliphatic rings. The van der Waals surface area contributed by atoms with E-state index in [0.717, 1.165) is 45.4 Å². The smallest absolute Gasteiger partial charge is 0.217 e. The molecule has 1 atom stereocenters. The standard InChI is InChI=1S/C22H19BrN6O/c1-12(30)26-17-7-4-13-11-14(5-6-15(13)17)29-21(16-3-2-10-25-20(16)24)27-18-8-9-19(23)28-22(18)29/h2-3,5-6,8-11,17H,4,7H2,1H3,(H2,24,25)(H,26,30)/t17-/m0/s1. The van der Waals surface area contributed by atoms with Crippen LogP contribution in [-0.2, 0) is 11.2 Å². The summed E-state index contributed by atoms with van der Waals surface area (Å²) in [7, 11) is 0. The molecule has 5 rings (SSSR count). The molecule has 0 spiro atoms. The van der Waals surface area contributed by atoms with Gasteiger partial charge in [-0.3, -0.25) is 9.36 Å². The van der Waals surface area contributed by atoms with Gasteiger partial charge in [0.25, 0.3) is 0 Å². The quantitative estimate of drug-likeness (QED) is 0.449. The highest BCUT2D eigenvalue weighted by atomic mass is 79.9. The highest BCUT2D eigenvalue weighted by Crippen LogP contribution is 2.35. The third kappa shape index (κ3) is 3.13. The molecular weight excluding hydrogens is 444 g/mol. The number of carbonyl (C=O) groups excluding carboxylic acids is 1. The lowest BCUT2D eigenvalue weighted by molar-refractivity contribution is -0.119. The SMILES string of the molecule is CC(=O)N[C@H]1CCc2cc(-n3c(-c4cccnc4N)nc4ccc(Br)nc43)ccc21. The molecule has 0 bridgehead atoms. The third-order valence-corrected chi connectivity index (χ3v) is 5.83. The van der Waals surface area contributed by atoms with Crippen molar-refractivity contribution in [1.82, 2.24) is 24.8 Å². The van der Waals surface area contributed by atoms with E-state index in [1.165, 1.54) is 5.56 Å². The fourth-order valence-electron chi connectivity index (χ4n) is 4.10. The predicted octanol–water partition coefficient (Wildman–Crippen LogP) is 3.95. The number of hydrogen-bond acceptors (Lipinski definition) is 5. The van der Waals surface area contributed by atoms with E-state index >= 15 is 0 Å². The van der Waals surface area contributed by atoms with Crippen molar-refractivity contribution in [2.45, 2.75) is 25.8 Å². The van der Waals surface area contributed by atoms with Crippen molar-refractivity contribution in [3.05, 3.63) is 64.4 Å². The van der Waals surface area contributed by atoms with Crippen LogP contribution in [0.4, 0.5) is 5.82 Å². The summed E-state index contributed by atoms with van der Waals surface area (Å²) in [4.78, 5) is 25.2. The number of rotatable bonds is 3. The van der Waals surface area contributed by atoms with Gasteiger partial charge >= 0.3 is 0 Å². The van der Waals surface area contributed by atoms with Gasteiger partial charge in [0.1, 0.15) is 15.9 Å². The lowest BCUT2D eigenvalue weighted by atomic mass is 10.1. The zero-order valence-corrected chi connectivity index (χ0v) is 17.8. The van der Waals surface area contributed by atoms with Crippen LogP contribution in [-0.4, -0.2) is 25.4 Å². The number of nitrogens with one attached hydrogen (secondary N) is 1. The molecule has 4 aromatic rings. The van der Waals surface area contributed by atoms with Gasteiger partial charge in [-0.1, -0.05) is 6.07 Å². The van der Waals surface area contributed by atoms with Crippen LogP contribution in [0, 0.1) is 0 Å². The maximum absolute atomic E-state index is 11.5. The summed E-state index contributed by atoms with van der Waals surface area (Å²) in [6, 6.07) is 13.9. The summed E-state index contributed by atoms with van der Waals surface area (Å²) in [5, 5.41) is 3.03. The number of aryl methyl sites for hydroxylation is 1. The molecule has 0 radical (unpaired) electrons. The highest BCUT2D eigenvalue weighted by molar-refractivity contribution is 9.10. The van der Waals surface area contributed by atoms with E-state index in [1.54, 1.807) is 13.1 Å². The van der Waals surface area contributed by atoms with Gasteiger partial charge in [0.2, 0.25) is 5.91 Å². The van der Waals surface area contributed by atoms with E-state index in [-0.39, 0.29) is 11.9 Å². The van der Waals surface area contributed by atoms with Crippen LogP contribution < -0.4 is 11.1 Å². The van der Waals surface area contributed by atoms with Crippen LogP contribution >= 0.6 is 15.9 Å². The number of nitrogens with zero attached hydrogens (tertiary/aromatic N) is 4. The molecule has 3 aromatic heterocycles. The topological polar surface area (TPSA) is 98.7 Å². The summed E-state index contributed by atoms with van der Waals surface area (Å²) in [6.07, 6.45) is 3.47. The first-order chi connectivity index (χ1) is 14.5. The maximum atomic E-state index is 11.5. The molecule has 7 nitrogen and oxygen atoms in total. The van der Waals surface area contributed by atoms with E-state index in [2.05, 4.69) is 43.3 Å². The van der Waals surface area contributed by atoms with Crippen LogP contribution in [0.2, 0.25) is 0 Å². The minimum atomic E-state index is -0.0130. The Labute approximate surface area is 181 Å². The normalized spacial score (nSPS) is 15.3. The van der Waals surface area contributed by atoms with Crippen molar-refractivity contribution in [2.24, 2.45) is 0 Å². The lowest BCUT2D eigenvalue weighted by Gasteiger charge is -2.14. The van der Waals surface area contributed by atoms with Crippen molar-refractivity contribution >= 4 is 38.8 Å². The average Bonchev–Trinajstić information content (AvgIpc) is 3.28. The van der Waals surface area contributed by atoms with Gasteiger partial charge < -0.3 is 11.1 Å². The number of pyridine rings is 2. The number of fused-ring (bicyclic) bond motifs is 2. The van der Waals surface area contributed by atoms with Gasteiger partial charge in [-0.15, -0.1) is 0 Å². The second kappa shape index (κ2) is 7.21. The molecule has 0 unspecified atom stereocenters. The third-order valence-electron chi connectivity index (χ3n) is 5.39. The van der Waals surface area contributed by atoms with Gasteiger partial charge in [0, 0.05) is 18.8 Å². The van der Waals surface area contributed by atoms with Gasteiger partial charge in [0.05, 0.1) is 11.6 Å². The number of amides is 1. The molecule has 1 aromatic carbocycles. The first-order valence-electron chi connectivity index (χ1n) is 9.67. The summed E-state index contributed by atoms with van der Waals surface area (Å²) in [5.41, 5.74) is 11.8. The van der Waals surface area contributed by atoms with Gasteiger partial charge in [-0.05, 0) is 76.3 Å². The number of hydrogen-bond donors (Lipinski definition) is 2. The molecule has 3 N–H and O–H groups in total. The molecule has 0 aliphatic heterocycles. The summed E-state index contributed by atoms with van der Waals surface area (Å²) in [6.45, 7) is 1.55. The van der Waals surface area contributed by atoms with Crippen LogP contribution in [0.1, 0.15) is 30.5 Å². The Morgan fingerprint density at radius 2 is 2.10 bits per heavy atom. The molecular formula is C22H19BrN6O. The van der Waals surface area contributed by atoms with E-state index in [4.69, 9.17) is 10.7 Å². The molecule has 1 aliphatic carbocycles. The molecule has 0 saturated heterocycles. The zero-order valence-electron chi connectivity index (χ0n) is 16.3. The minimum Gasteiger partial charge on any atom is -0.383 e. The van der Waals surface area contributed by atoms with Gasteiger partial charge in [-0.25, -0.2) is 15.0 Å².